The summed E-state index contributed by atoms with van der Waals surface area (Å²) >= 11 is 0. The highest BCUT2D eigenvalue weighted by Crippen LogP contribution is 2.28. The van der Waals surface area contributed by atoms with Crippen LogP contribution in [-0.4, -0.2) is 42.5 Å². The molecule has 2 atom stereocenters. The summed E-state index contributed by atoms with van der Waals surface area (Å²) < 4.78 is 5.28. The molecule has 126 valence electrons. The van der Waals surface area contributed by atoms with E-state index in [2.05, 4.69) is 10.3 Å². The van der Waals surface area contributed by atoms with E-state index in [1.807, 2.05) is 54.4 Å². The first-order valence-corrected chi connectivity index (χ1v) is 8.26. The van der Waals surface area contributed by atoms with Gasteiger partial charge in [0.1, 0.15) is 5.75 Å². The number of carbonyl (C=O) groups is 1. The molecule has 0 radical (unpaired) electrons. The quantitative estimate of drug-likeness (QED) is 0.938. The van der Waals surface area contributed by atoms with Crippen LogP contribution in [0.3, 0.4) is 0 Å². The lowest BCUT2D eigenvalue weighted by molar-refractivity contribution is -0.135. The Morgan fingerprint density at radius 2 is 2.25 bits per heavy atom. The van der Waals surface area contributed by atoms with E-state index in [1.54, 1.807) is 13.3 Å². The molecule has 1 saturated heterocycles. The van der Waals surface area contributed by atoms with Crippen LogP contribution in [0.2, 0.25) is 0 Å². The van der Waals surface area contributed by atoms with Gasteiger partial charge in [-0.3, -0.25) is 9.78 Å². The minimum absolute atomic E-state index is 0.0213. The van der Waals surface area contributed by atoms with E-state index in [4.69, 9.17) is 4.74 Å². The fourth-order valence-corrected chi connectivity index (χ4v) is 3.14. The number of nitrogens with zero attached hydrogens (tertiary/aromatic N) is 2. The van der Waals surface area contributed by atoms with E-state index >= 15 is 0 Å². The summed E-state index contributed by atoms with van der Waals surface area (Å²) in [6.45, 7) is 4.22. The van der Waals surface area contributed by atoms with Crippen molar-refractivity contribution in [2.75, 3.05) is 26.7 Å². The van der Waals surface area contributed by atoms with Gasteiger partial charge in [0.2, 0.25) is 5.91 Å². The van der Waals surface area contributed by atoms with E-state index in [1.165, 1.54) is 0 Å². The van der Waals surface area contributed by atoms with Gasteiger partial charge in [-0.25, -0.2) is 0 Å². The van der Waals surface area contributed by atoms with E-state index in [-0.39, 0.29) is 17.9 Å². The Balaban J connectivity index is 1.83. The van der Waals surface area contributed by atoms with Crippen LogP contribution in [0.15, 0.2) is 48.8 Å². The number of methoxy groups -OCH3 is 1. The lowest BCUT2D eigenvalue weighted by Gasteiger charge is -2.38. The van der Waals surface area contributed by atoms with E-state index in [0.717, 1.165) is 30.0 Å². The van der Waals surface area contributed by atoms with Gasteiger partial charge in [-0.15, -0.1) is 0 Å². The third-order valence-electron chi connectivity index (χ3n) is 4.56. The second-order valence-electron chi connectivity index (χ2n) is 6.04. The van der Waals surface area contributed by atoms with Gasteiger partial charge in [0, 0.05) is 32.0 Å². The SMILES string of the molecule is COc1cccc(C(C)C(=O)N2CCNCC2c2cccnc2)c1. The van der Waals surface area contributed by atoms with Crippen LogP contribution in [0, 0.1) is 0 Å². The number of carbonyl (C=O) groups excluding carboxylic acids is 1. The standard InChI is InChI=1S/C19H23N3O2/c1-14(15-5-3-7-17(11-15)24-2)19(23)22-10-9-21-13-18(22)16-6-4-8-20-12-16/h3-8,11-12,14,18,21H,9-10,13H2,1-2H3. The first kappa shape index (κ1) is 16.5. The number of amides is 1. The Morgan fingerprint density at radius 3 is 3.00 bits per heavy atom. The van der Waals surface area contributed by atoms with Crippen molar-refractivity contribution in [1.29, 1.82) is 0 Å². The molecule has 0 aliphatic carbocycles. The largest absolute Gasteiger partial charge is 0.497 e. The van der Waals surface area contributed by atoms with Crippen molar-refractivity contribution < 1.29 is 9.53 Å². The zero-order chi connectivity index (χ0) is 16.9. The van der Waals surface area contributed by atoms with Gasteiger partial charge in [-0.1, -0.05) is 18.2 Å². The zero-order valence-electron chi connectivity index (χ0n) is 14.1. The molecule has 1 aliphatic rings. The maximum Gasteiger partial charge on any atom is 0.230 e. The molecular weight excluding hydrogens is 302 g/mol. The fraction of sp³-hybridized carbons (Fsp3) is 0.368. The van der Waals surface area contributed by atoms with Crippen LogP contribution >= 0.6 is 0 Å². The summed E-state index contributed by atoms with van der Waals surface area (Å²) in [6, 6.07) is 11.7. The molecule has 1 N–H and O–H groups in total. The average Bonchev–Trinajstić information content (AvgIpc) is 2.67. The molecule has 2 unspecified atom stereocenters. The number of pyridine rings is 1. The summed E-state index contributed by atoms with van der Waals surface area (Å²) in [5, 5.41) is 3.37. The Kier molecular flexibility index (Phi) is 5.11. The molecule has 2 aromatic rings. The molecule has 1 aromatic heterocycles. The number of aromatic nitrogens is 1. The van der Waals surface area contributed by atoms with Gasteiger partial charge >= 0.3 is 0 Å². The molecule has 2 heterocycles. The third kappa shape index (κ3) is 3.41. The molecule has 0 spiro atoms. The summed E-state index contributed by atoms with van der Waals surface area (Å²) in [5.41, 5.74) is 2.04. The molecule has 5 heteroatoms. The molecule has 3 rings (SSSR count). The summed E-state index contributed by atoms with van der Waals surface area (Å²) in [5.74, 6) is 0.701. The lowest BCUT2D eigenvalue weighted by atomic mass is 9.96. The average molecular weight is 325 g/mol. The van der Waals surface area contributed by atoms with Gasteiger partial charge in [-0.05, 0) is 36.2 Å². The fourth-order valence-electron chi connectivity index (χ4n) is 3.14. The summed E-state index contributed by atoms with van der Waals surface area (Å²) in [7, 11) is 1.64. The van der Waals surface area contributed by atoms with Crippen molar-refractivity contribution in [1.82, 2.24) is 15.2 Å². The number of piperazine rings is 1. The van der Waals surface area contributed by atoms with Crippen molar-refractivity contribution >= 4 is 5.91 Å². The molecule has 1 aliphatic heterocycles. The second kappa shape index (κ2) is 7.45. The highest BCUT2D eigenvalue weighted by molar-refractivity contribution is 5.84. The number of benzene rings is 1. The predicted molar refractivity (Wildman–Crippen MR) is 93.0 cm³/mol. The Labute approximate surface area is 142 Å². The normalized spacial score (nSPS) is 18.9. The predicted octanol–water partition coefficient (Wildman–Crippen LogP) is 2.37. The Hall–Kier alpha value is -2.40. The molecule has 24 heavy (non-hydrogen) atoms. The highest BCUT2D eigenvalue weighted by atomic mass is 16.5. The number of hydrogen-bond acceptors (Lipinski definition) is 4. The first-order valence-electron chi connectivity index (χ1n) is 8.26. The first-order chi connectivity index (χ1) is 11.7. The Bertz CT molecular complexity index is 690. The summed E-state index contributed by atoms with van der Waals surface area (Å²) in [6.07, 6.45) is 3.60. The minimum Gasteiger partial charge on any atom is -0.497 e. The second-order valence-corrected chi connectivity index (χ2v) is 6.04. The van der Waals surface area contributed by atoms with Crippen molar-refractivity contribution in [2.24, 2.45) is 0 Å². The number of hydrogen-bond donors (Lipinski definition) is 1. The van der Waals surface area contributed by atoms with Crippen molar-refractivity contribution in [3.05, 3.63) is 59.9 Å². The smallest absolute Gasteiger partial charge is 0.230 e. The van der Waals surface area contributed by atoms with Crippen molar-refractivity contribution in [3.8, 4) is 5.75 Å². The van der Waals surface area contributed by atoms with Crippen molar-refractivity contribution in [3.63, 3.8) is 0 Å². The maximum atomic E-state index is 13.1. The van der Waals surface area contributed by atoms with Crippen molar-refractivity contribution in [2.45, 2.75) is 18.9 Å². The molecular formula is C19H23N3O2. The maximum absolute atomic E-state index is 13.1. The molecule has 1 aromatic carbocycles. The number of ether oxygens (including phenoxy) is 1. The van der Waals surface area contributed by atoms with E-state index in [9.17, 15) is 4.79 Å². The molecule has 1 amide bonds. The molecule has 0 bridgehead atoms. The molecule has 0 saturated carbocycles. The van der Waals surface area contributed by atoms with Gasteiger partial charge in [0.25, 0.3) is 0 Å². The molecule has 5 nitrogen and oxygen atoms in total. The molecule has 1 fully saturated rings. The van der Waals surface area contributed by atoms with Gasteiger partial charge < -0.3 is 15.0 Å². The van der Waals surface area contributed by atoms with Crippen LogP contribution in [0.1, 0.15) is 30.0 Å². The van der Waals surface area contributed by atoms with Crippen LogP contribution in [0.4, 0.5) is 0 Å². The van der Waals surface area contributed by atoms with Gasteiger partial charge in [-0.2, -0.15) is 0 Å². The van der Waals surface area contributed by atoms with Crippen LogP contribution < -0.4 is 10.1 Å². The van der Waals surface area contributed by atoms with Crippen LogP contribution in [0.5, 0.6) is 5.75 Å². The highest BCUT2D eigenvalue weighted by Gasteiger charge is 2.31. The monoisotopic (exact) mass is 325 g/mol. The lowest BCUT2D eigenvalue weighted by Crippen LogP contribution is -2.49. The zero-order valence-corrected chi connectivity index (χ0v) is 14.1. The summed E-state index contributed by atoms with van der Waals surface area (Å²) in [4.78, 5) is 19.3. The van der Waals surface area contributed by atoms with Gasteiger partial charge in [0.15, 0.2) is 0 Å². The topological polar surface area (TPSA) is 54.5 Å². The number of rotatable bonds is 4. The minimum atomic E-state index is -0.211. The third-order valence-corrected chi connectivity index (χ3v) is 4.56. The van der Waals surface area contributed by atoms with E-state index in [0.29, 0.717) is 6.54 Å². The van der Waals surface area contributed by atoms with Gasteiger partial charge in [0.05, 0.1) is 19.1 Å². The Morgan fingerprint density at radius 1 is 1.38 bits per heavy atom. The van der Waals surface area contributed by atoms with Crippen LogP contribution in [-0.2, 0) is 4.79 Å². The number of nitrogens with one attached hydrogen (secondary N) is 1. The van der Waals surface area contributed by atoms with E-state index < -0.39 is 0 Å². The van der Waals surface area contributed by atoms with Crippen LogP contribution in [0.25, 0.3) is 0 Å².